The molecule has 0 amide bonds. The van der Waals surface area contributed by atoms with Gasteiger partial charge in [-0.2, -0.15) is 11.8 Å². The fourth-order valence-electron chi connectivity index (χ4n) is 1.19. The third kappa shape index (κ3) is 5.34. The maximum absolute atomic E-state index is 6.04. The Bertz CT molecular complexity index is 386. The highest BCUT2D eigenvalue weighted by Crippen LogP contribution is 2.29. The summed E-state index contributed by atoms with van der Waals surface area (Å²) in [5.74, 6) is 1.12. The molecule has 1 aromatic rings. The average molecular weight is 309 g/mol. The smallest absolute Gasteiger partial charge is 0.170 e. The van der Waals surface area contributed by atoms with Crippen LogP contribution in [0.5, 0.6) is 0 Å². The Kier molecular flexibility index (Phi) is 7.04. The number of nitrogens with one attached hydrogen (secondary N) is 2. The molecule has 0 atom stereocenters. The van der Waals surface area contributed by atoms with Gasteiger partial charge in [0.15, 0.2) is 5.11 Å². The topological polar surface area (TPSA) is 24.1 Å². The minimum absolute atomic E-state index is 0.488. The van der Waals surface area contributed by atoms with Crippen LogP contribution in [0, 0.1) is 0 Å². The third-order valence-corrected chi connectivity index (χ3v) is 3.77. The van der Waals surface area contributed by atoms with Gasteiger partial charge in [0.25, 0.3) is 0 Å². The van der Waals surface area contributed by atoms with Crippen molar-refractivity contribution in [1.29, 1.82) is 0 Å². The van der Waals surface area contributed by atoms with E-state index in [0.29, 0.717) is 15.2 Å². The second-order valence-electron chi connectivity index (χ2n) is 3.33. The van der Waals surface area contributed by atoms with E-state index in [1.165, 1.54) is 0 Å². The molecule has 17 heavy (non-hydrogen) atoms. The third-order valence-electron chi connectivity index (χ3n) is 2.01. The van der Waals surface area contributed by atoms with Gasteiger partial charge in [-0.05, 0) is 42.8 Å². The molecule has 0 unspecified atom stereocenters. The standard InChI is InChI=1S/C11H14Cl2N2S2/c1-17-7-3-6-14-11(16)15-9-5-2-4-8(12)10(9)13/h2,4-5H,3,6-7H2,1H3,(H2,14,15,16). The predicted molar refractivity (Wildman–Crippen MR) is 83.7 cm³/mol. The highest BCUT2D eigenvalue weighted by molar-refractivity contribution is 7.98. The summed E-state index contributed by atoms with van der Waals surface area (Å²) in [6.45, 7) is 0.852. The Morgan fingerprint density at radius 1 is 1.41 bits per heavy atom. The van der Waals surface area contributed by atoms with Gasteiger partial charge in [-0.25, -0.2) is 0 Å². The van der Waals surface area contributed by atoms with Crippen LogP contribution in [0.15, 0.2) is 18.2 Å². The van der Waals surface area contributed by atoms with Crippen molar-refractivity contribution >= 4 is 58.0 Å². The highest BCUT2D eigenvalue weighted by Gasteiger charge is 2.05. The first-order valence-electron chi connectivity index (χ1n) is 5.13. The summed E-state index contributed by atoms with van der Waals surface area (Å²) in [6.07, 6.45) is 3.16. The molecule has 0 aliphatic carbocycles. The lowest BCUT2D eigenvalue weighted by molar-refractivity contribution is 0.855. The minimum atomic E-state index is 0.488. The Balaban J connectivity index is 2.43. The minimum Gasteiger partial charge on any atom is -0.362 e. The van der Waals surface area contributed by atoms with Crippen LogP contribution in [0.3, 0.4) is 0 Å². The van der Waals surface area contributed by atoms with Gasteiger partial charge in [-0.1, -0.05) is 29.3 Å². The largest absolute Gasteiger partial charge is 0.362 e. The van der Waals surface area contributed by atoms with Crippen molar-refractivity contribution in [3.8, 4) is 0 Å². The molecular formula is C11H14Cl2N2S2. The van der Waals surface area contributed by atoms with Crippen molar-refractivity contribution in [3.05, 3.63) is 28.2 Å². The molecule has 6 heteroatoms. The van der Waals surface area contributed by atoms with E-state index in [0.717, 1.165) is 24.4 Å². The number of benzene rings is 1. The van der Waals surface area contributed by atoms with Gasteiger partial charge in [0.2, 0.25) is 0 Å². The molecule has 2 N–H and O–H groups in total. The molecule has 0 aromatic heterocycles. The van der Waals surface area contributed by atoms with E-state index in [1.807, 2.05) is 23.9 Å². The van der Waals surface area contributed by atoms with Gasteiger partial charge >= 0.3 is 0 Å². The molecule has 0 aliphatic rings. The van der Waals surface area contributed by atoms with Crippen LogP contribution in [-0.4, -0.2) is 23.7 Å². The van der Waals surface area contributed by atoms with Crippen molar-refractivity contribution in [2.24, 2.45) is 0 Å². The van der Waals surface area contributed by atoms with E-state index in [9.17, 15) is 0 Å². The highest BCUT2D eigenvalue weighted by atomic mass is 35.5. The number of rotatable bonds is 5. The Morgan fingerprint density at radius 3 is 2.88 bits per heavy atom. The summed E-state index contributed by atoms with van der Waals surface area (Å²) in [5, 5.41) is 7.71. The van der Waals surface area contributed by atoms with Gasteiger partial charge in [-0.15, -0.1) is 0 Å². The molecule has 0 spiro atoms. The molecule has 0 saturated heterocycles. The van der Waals surface area contributed by atoms with Crippen molar-refractivity contribution in [2.45, 2.75) is 6.42 Å². The zero-order valence-electron chi connectivity index (χ0n) is 9.43. The van der Waals surface area contributed by atoms with E-state index in [1.54, 1.807) is 6.07 Å². The number of anilines is 1. The summed E-state index contributed by atoms with van der Waals surface area (Å²) in [6, 6.07) is 5.40. The number of thiocarbonyl (C=S) groups is 1. The van der Waals surface area contributed by atoms with Crippen LogP contribution < -0.4 is 10.6 Å². The SMILES string of the molecule is CSCCCNC(=S)Nc1cccc(Cl)c1Cl. The van der Waals surface area contributed by atoms with Gasteiger partial charge in [0, 0.05) is 6.54 Å². The summed E-state index contributed by atoms with van der Waals surface area (Å²) >= 11 is 18.9. The second-order valence-corrected chi connectivity index (χ2v) is 5.51. The molecule has 0 fully saturated rings. The fraction of sp³-hybridized carbons (Fsp3) is 0.364. The molecule has 2 nitrogen and oxygen atoms in total. The monoisotopic (exact) mass is 308 g/mol. The number of hydrogen-bond donors (Lipinski definition) is 2. The zero-order valence-corrected chi connectivity index (χ0v) is 12.6. The quantitative estimate of drug-likeness (QED) is 0.633. The predicted octanol–water partition coefficient (Wildman–Crippen LogP) is 4.03. The van der Waals surface area contributed by atoms with E-state index >= 15 is 0 Å². The second kappa shape index (κ2) is 8.03. The normalized spacial score (nSPS) is 10.1. The van der Waals surface area contributed by atoms with E-state index < -0.39 is 0 Å². The molecule has 0 bridgehead atoms. The Hall–Kier alpha value is -0.160. The van der Waals surface area contributed by atoms with Crippen LogP contribution in [0.25, 0.3) is 0 Å². The van der Waals surface area contributed by atoms with Crippen LogP contribution in [0.1, 0.15) is 6.42 Å². The molecule has 0 heterocycles. The van der Waals surface area contributed by atoms with E-state index in [2.05, 4.69) is 16.9 Å². The van der Waals surface area contributed by atoms with Crippen LogP contribution in [0.2, 0.25) is 10.0 Å². The molecule has 1 aromatic carbocycles. The summed E-state index contributed by atoms with van der Waals surface area (Å²) < 4.78 is 0. The lowest BCUT2D eigenvalue weighted by Gasteiger charge is -2.11. The Morgan fingerprint density at radius 2 is 2.18 bits per heavy atom. The van der Waals surface area contributed by atoms with Gasteiger partial charge in [0.05, 0.1) is 15.7 Å². The lowest BCUT2D eigenvalue weighted by atomic mass is 10.3. The van der Waals surface area contributed by atoms with Crippen molar-refractivity contribution in [2.75, 3.05) is 23.9 Å². The number of hydrogen-bond acceptors (Lipinski definition) is 2. The molecule has 0 aliphatic heterocycles. The summed E-state index contributed by atoms with van der Waals surface area (Å²) in [4.78, 5) is 0. The molecule has 94 valence electrons. The maximum Gasteiger partial charge on any atom is 0.170 e. The molecular weight excluding hydrogens is 295 g/mol. The maximum atomic E-state index is 6.04. The Labute approximate surface area is 121 Å². The van der Waals surface area contributed by atoms with Gasteiger partial charge in [-0.3, -0.25) is 0 Å². The molecule has 0 saturated carbocycles. The zero-order chi connectivity index (χ0) is 12.7. The lowest BCUT2D eigenvalue weighted by Crippen LogP contribution is -2.29. The summed E-state index contributed by atoms with van der Waals surface area (Å²) in [7, 11) is 0. The first-order valence-corrected chi connectivity index (χ1v) is 7.68. The fourth-order valence-corrected chi connectivity index (χ4v) is 2.18. The number of halogens is 2. The van der Waals surface area contributed by atoms with Crippen molar-refractivity contribution in [3.63, 3.8) is 0 Å². The van der Waals surface area contributed by atoms with Crippen LogP contribution >= 0.6 is 47.2 Å². The first kappa shape index (κ1) is 14.9. The summed E-state index contributed by atoms with van der Waals surface area (Å²) in [5.41, 5.74) is 0.724. The van der Waals surface area contributed by atoms with E-state index in [-0.39, 0.29) is 0 Å². The average Bonchev–Trinajstić information content (AvgIpc) is 2.31. The number of thioether (sulfide) groups is 1. The molecule has 0 radical (unpaired) electrons. The first-order chi connectivity index (χ1) is 8.15. The van der Waals surface area contributed by atoms with Crippen molar-refractivity contribution in [1.82, 2.24) is 5.32 Å². The van der Waals surface area contributed by atoms with Crippen LogP contribution in [-0.2, 0) is 0 Å². The van der Waals surface area contributed by atoms with Crippen molar-refractivity contribution < 1.29 is 0 Å². The molecule has 1 rings (SSSR count). The van der Waals surface area contributed by atoms with E-state index in [4.69, 9.17) is 35.4 Å². The van der Waals surface area contributed by atoms with Gasteiger partial charge in [0.1, 0.15) is 0 Å². The van der Waals surface area contributed by atoms with Gasteiger partial charge < -0.3 is 10.6 Å². The van der Waals surface area contributed by atoms with Crippen LogP contribution in [0.4, 0.5) is 5.69 Å².